The molecule has 1 aliphatic carbocycles. The van der Waals surface area contributed by atoms with E-state index < -0.39 is 5.97 Å². The first-order valence-electron chi connectivity index (χ1n) is 4.59. The number of aromatic amines is 1. The van der Waals surface area contributed by atoms with Crippen LogP contribution in [0.1, 0.15) is 41.5 Å². The molecule has 1 aliphatic rings. The Bertz CT molecular complexity index is 345. The van der Waals surface area contributed by atoms with Gasteiger partial charge in [0.25, 0.3) is 0 Å². The van der Waals surface area contributed by atoms with Gasteiger partial charge in [0, 0.05) is 0 Å². The molecule has 0 aromatic carbocycles. The quantitative estimate of drug-likeness (QED) is 0.645. The number of carboxylic acid groups (broad SMARTS) is 1. The molecule has 1 atom stereocenters. The molecule has 14 heavy (non-hydrogen) atoms. The third-order valence-electron chi connectivity index (χ3n) is 2.75. The molecule has 0 saturated heterocycles. The highest BCUT2D eigenvalue weighted by atomic mass is 16.4. The third-order valence-corrected chi connectivity index (χ3v) is 2.75. The van der Waals surface area contributed by atoms with Crippen molar-refractivity contribution in [2.45, 2.75) is 25.3 Å². The van der Waals surface area contributed by atoms with E-state index in [1.807, 2.05) is 0 Å². The van der Waals surface area contributed by atoms with Crippen molar-refractivity contribution >= 4 is 5.97 Å². The zero-order valence-corrected chi connectivity index (χ0v) is 7.60. The van der Waals surface area contributed by atoms with Gasteiger partial charge in [-0.15, -0.1) is 5.10 Å². The second-order valence-corrected chi connectivity index (χ2v) is 3.58. The highest BCUT2D eigenvalue weighted by molar-refractivity contribution is 5.86. The fraction of sp³-hybridized carbons (Fsp3) is 0.625. The largest absolute Gasteiger partial charge is 0.476 e. The lowest BCUT2D eigenvalue weighted by Crippen LogP contribution is -2.28. The van der Waals surface area contributed by atoms with Crippen molar-refractivity contribution in [1.82, 2.24) is 15.4 Å². The normalized spacial score (nSPS) is 18.9. The van der Waals surface area contributed by atoms with Crippen molar-refractivity contribution in [3.05, 3.63) is 11.4 Å². The molecule has 1 heterocycles. The zero-order chi connectivity index (χ0) is 10.1. The average molecular weight is 196 g/mol. The Hall–Kier alpha value is -1.43. The van der Waals surface area contributed by atoms with Crippen LogP contribution in [0.4, 0.5) is 0 Å². The molecule has 1 aromatic heterocycles. The van der Waals surface area contributed by atoms with Gasteiger partial charge in [-0.25, -0.2) is 4.79 Å². The molecule has 4 N–H and O–H groups in total. The van der Waals surface area contributed by atoms with Gasteiger partial charge >= 0.3 is 5.97 Å². The molecule has 2 rings (SSSR count). The maximum atomic E-state index is 10.7. The first-order valence-corrected chi connectivity index (χ1v) is 4.59. The van der Waals surface area contributed by atoms with Crippen molar-refractivity contribution in [3.8, 4) is 0 Å². The predicted molar refractivity (Wildman–Crippen MR) is 47.6 cm³/mol. The first kappa shape index (κ1) is 9.14. The van der Waals surface area contributed by atoms with E-state index in [1.54, 1.807) is 0 Å². The molecule has 0 spiro atoms. The van der Waals surface area contributed by atoms with Crippen molar-refractivity contribution in [1.29, 1.82) is 0 Å². The van der Waals surface area contributed by atoms with E-state index >= 15 is 0 Å². The van der Waals surface area contributed by atoms with Gasteiger partial charge in [-0.3, -0.25) is 0 Å². The molecular weight excluding hydrogens is 184 g/mol. The molecule has 0 bridgehead atoms. The molecule has 0 radical (unpaired) electrons. The Balaban J connectivity index is 2.21. The van der Waals surface area contributed by atoms with Crippen LogP contribution in [0.5, 0.6) is 0 Å². The molecule has 6 nitrogen and oxygen atoms in total. The van der Waals surface area contributed by atoms with Crippen LogP contribution in [0, 0.1) is 5.92 Å². The SMILES string of the molecule is NC(c1n[nH]nc1C(=O)O)C1CCC1. The highest BCUT2D eigenvalue weighted by Crippen LogP contribution is 2.35. The molecule has 76 valence electrons. The Labute approximate surface area is 80.5 Å². The van der Waals surface area contributed by atoms with Crippen molar-refractivity contribution in [2.75, 3.05) is 0 Å². The van der Waals surface area contributed by atoms with Gasteiger partial charge < -0.3 is 10.8 Å². The predicted octanol–water partition coefficient (Wildman–Crippen LogP) is 0.303. The smallest absolute Gasteiger partial charge is 0.358 e. The number of carbonyl (C=O) groups is 1. The first-order chi connectivity index (χ1) is 6.70. The van der Waals surface area contributed by atoms with Gasteiger partial charge in [0.2, 0.25) is 0 Å². The summed E-state index contributed by atoms with van der Waals surface area (Å²) in [5, 5.41) is 18.5. The summed E-state index contributed by atoms with van der Waals surface area (Å²) >= 11 is 0. The van der Waals surface area contributed by atoms with Gasteiger partial charge in [0.1, 0.15) is 5.69 Å². The minimum absolute atomic E-state index is 0.0515. The van der Waals surface area contributed by atoms with Crippen LogP contribution in [-0.4, -0.2) is 26.5 Å². The molecule has 0 aliphatic heterocycles. The minimum Gasteiger partial charge on any atom is -0.476 e. The van der Waals surface area contributed by atoms with Gasteiger partial charge in [-0.2, -0.15) is 10.3 Å². The Morgan fingerprint density at radius 3 is 2.79 bits per heavy atom. The van der Waals surface area contributed by atoms with Gasteiger partial charge in [-0.1, -0.05) is 6.42 Å². The average Bonchev–Trinajstić information content (AvgIpc) is 2.47. The number of nitrogens with one attached hydrogen (secondary N) is 1. The van der Waals surface area contributed by atoms with E-state index in [0.717, 1.165) is 12.8 Å². The lowest BCUT2D eigenvalue weighted by atomic mass is 9.78. The van der Waals surface area contributed by atoms with Crippen LogP contribution in [0.2, 0.25) is 0 Å². The van der Waals surface area contributed by atoms with E-state index in [1.165, 1.54) is 6.42 Å². The number of carboxylic acids is 1. The van der Waals surface area contributed by atoms with Crippen LogP contribution in [0.25, 0.3) is 0 Å². The fourth-order valence-electron chi connectivity index (χ4n) is 1.65. The van der Waals surface area contributed by atoms with Crippen molar-refractivity contribution in [3.63, 3.8) is 0 Å². The van der Waals surface area contributed by atoms with Gasteiger partial charge in [-0.05, 0) is 18.8 Å². The molecular formula is C8H12N4O2. The van der Waals surface area contributed by atoms with Crippen molar-refractivity contribution < 1.29 is 9.90 Å². The van der Waals surface area contributed by atoms with Crippen LogP contribution < -0.4 is 5.73 Å². The molecule has 6 heteroatoms. The summed E-state index contributed by atoms with van der Waals surface area (Å²) in [6, 6.07) is -0.298. The van der Waals surface area contributed by atoms with Crippen LogP contribution in [0.15, 0.2) is 0 Å². The topological polar surface area (TPSA) is 105 Å². The second kappa shape index (κ2) is 3.38. The van der Waals surface area contributed by atoms with Crippen LogP contribution in [0.3, 0.4) is 0 Å². The Kier molecular flexibility index (Phi) is 2.20. The summed E-state index contributed by atoms with van der Waals surface area (Å²) < 4.78 is 0. The number of aromatic nitrogens is 3. The Morgan fingerprint density at radius 2 is 2.29 bits per heavy atom. The fourth-order valence-corrected chi connectivity index (χ4v) is 1.65. The molecule has 0 amide bonds. The van der Waals surface area contributed by atoms with Crippen molar-refractivity contribution in [2.24, 2.45) is 11.7 Å². The number of nitrogens with two attached hydrogens (primary N) is 1. The lowest BCUT2D eigenvalue weighted by Gasteiger charge is -2.30. The van der Waals surface area contributed by atoms with Gasteiger partial charge in [0.15, 0.2) is 5.69 Å². The number of rotatable bonds is 3. The van der Waals surface area contributed by atoms with Crippen LogP contribution in [-0.2, 0) is 0 Å². The molecule has 1 fully saturated rings. The maximum Gasteiger partial charge on any atom is 0.358 e. The second-order valence-electron chi connectivity index (χ2n) is 3.58. The molecule has 1 aromatic rings. The van der Waals surface area contributed by atoms with E-state index in [4.69, 9.17) is 10.8 Å². The maximum absolute atomic E-state index is 10.7. The number of aromatic carboxylic acids is 1. The standard InChI is InChI=1S/C8H12N4O2/c9-5(4-2-1-3-4)6-7(8(13)14)11-12-10-6/h4-5H,1-3,9H2,(H,13,14)(H,10,11,12). The van der Waals surface area contributed by atoms with E-state index in [9.17, 15) is 4.79 Å². The summed E-state index contributed by atoms with van der Waals surface area (Å²) in [6.07, 6.45) is 3.26. The zero-order valence-electron chi connectivity index (χ0n) is 7.60. The summed E-state index contributed by atoms with van der Waals surface area (Å²) in [6.45, 7) is 0. The van der Waals surface area contributed by atoms with E-state index in [0.29, 0.717) is 11.6 Å². The number of hydrogen-bond donors (Lipinski definition) is 3. The third kappa shape index (κ3) is 1.37. The van der Waals surface area contributed by atoms with Crippen LogP contribution >= 0.6 is 0 Å². The summed E-state index contributed by atoms with van der Waals surface area (Å²) in [5.74, 6) is -0.721. The number of nitrogens with zero attached hydrogens (tertiary/aromatic N) is 2. The lowest BCUT2D eigenvalue weighted by molar-refractivity contribution is 0.0687. The van der Waals surface area contributed by atoms with E-state index in [-0.39, 0.29) is 11.7 Å². The Morgan fingerprint density at radius 1 is 1.57 bits per heavy atom. The summed E-state index contributed by atoms with van der Waals surface area (Å²) in [4.78, 5) is 10.7. The number of hydrogen-bond acceptors (Lipinski definition) is 4. The monoisotopic (exact) mass is 196 g/mol. The summed E-state index contributed by atoms with van der Waals surface area (Å²) in [7, 11) is 0. The minimum atomic E-state index is -1.08. The molecule has 1 saturated carbocycles. The number of H-pyrrole nitrogens is 1. The van der Waals surface area contributed by atoms with Gasteiger partial charge in [0.05, 0.1) is 6.04 Å². The molecule has 1 unspecified atom stereocenters. The highest BCUT2D eigenvalue weighted by Gasteiger charge is 2.30. The van der Waals surface area contributed by atoms with E-state index in [2.05, 4.69) is 15.4 Å². The summed E-state index contributed by atoms with van der Waals surface area (Å²) in [5.41, 5.74) is 6.22.